The number of hydrogen-bond acceptors (Lipinski definition) is 11. The molecule has 77 heavy (non-hydrogen) atoms. The van der Waals surface area contributed by atoms with E-state index in [1.54, 1.807) is 45.1 Å². The van der Waals surface area contributed by atoms with Crippen molar-refractivity contribution in [2.75, 3.05) is 14.1 Å². The zero-order chi connectivity index (χ0) is 61.3. The molecule has 0 bridgehead atoms. The van der Waals surface area contributed by atoms with Crippen LogP contribution in [0.1, 0.15) is 203 Å². The van der Waals surface area contributed by atoms with Crippen molar-refractivity contribution in [2.24, 2.45) is 41.4 Å². The van der Waals surface area contributed by atoms with Crippen LogP contribution in [0, 0.1) is 41.4 Å². The van der Waals surface area contributed by atoms with Crippen LogP contribution in [0.5, 0.6) is 0 Å². The van der Waals surface area contributed by atoms with Gasteiger partial charge in [-0.05, 0) is 88.2 Å². The molecule has 1 aromatic carbocycles. The molecular weight excluding hydrogens is 973 g/mol. The molecule has 1 aromatic rings. The fraction of sp³-hybridized carbons (Fsp3) is 0.688. The van der Waals surface area contributed by atoms with E-state index in [-0.39, 0.29) is 73.3 Å². The highest BCUT2D eigenvalue weighted by molar-refractivity contribution is 5.93. The van der Waals surface area contributed by atoms with Gasteiger partial charge in [-0.25, -0.2) is 4.79 Å². The molecule has 0 saturated carbocycles. The SMILES string of the molecule is C=C/C=C\C(=C/C)C[C@@H](OC(=O)[C@@H](CC(=O)[C@@H](C)OC(=O)[C@H](CC(C)C)N(C)C(=O)[C@@H](Cc1ccccc1)OC(=O)[C@@H](C)CC(C)C)CC(C)C)C(=O)N(C)[C@@H](CC(C)C)C(C)=O.CC.CC.CC.CC.CC(=O)C(C)C. The van der Waals surface area contributed by atoms with E-state index in [1.807, 2.05) is 155 Å². The van der Waals surface area contributed by atoms with Crippen LogP contribution in [0.3, 0.4) is 0 Å². The molecule has 0 unspecified atom stereocenters. The van der Waals surface area contributed by atoms with Crippen molar-refractivity contribution in [3.05, 3.63) is 72.4 Å². The van der Waals surface area contributed by atoms with E-state index in [9.17, 15) is 38.4 Å². The van der Waals surface area contributed by atoms with Gasteiger partial charge in [-0.1, -0.05) is 193 Å². The van der Waals surface area contributed by atoms with E-state index in [0.717, 1.165) is 5.56 Å². The van der Waals surface area contributed by atoms with E-state index in [2.05, 4.69) is 6.58 Å². The summed E-state index contributed by atoms with van der Waals surface area (Å²) in [7, 11) is 2.99. The summed E-state index contributed by atoms with van der Waals surface area (Å²) in [4.78, 5) is 109. The van der Waals surface area contributed by atoms with E-state index in [0.29, 0.717) is 18.4 Å². The molecule has 0 aliphatic heterocycles. The first-order chi connectivity index (χ1) is 36.1. The number of rotatable bonds is 29. The third-order valence-electron chi connectivity index (χ3n) is 11.7. The quantitative estimate of drug-likeness (QED) is 0.0425. The van der Waals surface area contributed by atoms with E-state index >= 15 is 0 Å². The summed E-state index contributed by atoms with van der Waals surface area (Å²) >= 11 is 0. The average Bonchev–Trinajstić information content (AvgIpc) is 3.38. The number of allylic oxidation sites excluding steroid dienone is 4. The number of carbonyl (C=O) groups excluding carboxylic acids is 8. The minimum Gasteiger partial charge on any atom is -0.453 e. The second-order valence-corrected chi connectivity index (χ2v) is 20.4. The molecule has 0 radical (unpaired) electrons. The Balaban J connectivity index is -0.00000111. The predicted octanol–water partition coefficient (Wildman–Crippen LogP) is 14.0. The predicted molar refractivity (Wildman–Crippen MR) is 318 cm³/mol. The van der Waals surface area contributed by atoms with Gasteiger partial charge in [0.25, 0.3) is 11.8 Å². The van der Waals surface area contributed by atoms with E-state index < -0.39 is 77.7 Å². The number of Topliss-reactive ketones (excluding diaryl/α,β-unsaturated/α-hetero) is 3. The number of ketones is 3. The largest absolute Gasteiger partial charge is 0.453 e. The molecule has 0 heterocycles. The topological polar surface area (TPSA) is 171 Å². The minimum atomic E-state index is -1.30. The summed E-state index contributed by atoms with van der Waals surface area (Å²) in [6, 6.07) is 7.31. The molecule has 2 amide bonds. The fourth-order valence-electron chi connectivity index (χ4n) is 7.39. The first-order valence-corrected chi connectivity index (χ1v) is 28.7. The highest BCUT2D eigenvalue weighted by atomic mass is 16.6. The second kappa shape index (κ2) is 46.9. The number of ether oxygens (including phenoxy) is 3. The van der Waals surface area contributed by atoms with Gasteiger partial charge in [0.1, 0.15) is 11.8 Å². The van der Waals surface area contributed by atoms with Gasteiger partial charge in [0.2, 0.25) is 0 Å². The van der Waals surface area contributed by atoms with Crippen molar-refractivity contribution in [1.82, 2.24) is 9.80 Å². The Morgan fingerprint density at radius 2 is 0.974 bits per heavy atom. The number of nitrogens with zero attached hydrogens (tertiary/aromatic N) is 2. The summed E-state index contributed by atoms with van der Waals surface area (Å²) in [5.41, 5.74) is 1.46. The number of likely N-dealkylation sites (N-methyl/N-ethyl adjacent to an activating group) is 2. The molecule has 1 rings (SSSR count). The maximum absolute atomic E-state index is 14.2. The molecule has 0 saturated heterocycles. The van der Waals surface area contributed by atoms with Crippen LogP contribution in [0.15, 0.2) is 66.8 Å². The first kappa shape index (κ1) is 80.7. The van der Waals surface area contributed by atoms with Gasteiger partial charge in [0.15, 0.2) is 29.9 Å². The van der Waals surface area contributed by atoms with Gasteiger partial charge < -0.3 is 24.0 Å². The van der Waals surface area contributed by atoms with Crippen molar-refractivity contribution in [3.63, 3.8) is 0 Å². The molecule has 0 aromatic heterocycles. The average molecular weight is 1090 g/mol. The smallest absolute Gasteiger partial charge is 0.329 e. The van der Waals surface area contributed by atoms with Crippen LogP contribution >= 0.6 is 0 Å². The second-order valence-electron chi connectivity index (χ2n) is 20.4. The number of amides is 2. The van der Waals surface area contributed by atoms with Crippen LogP contribution in [0.4, 0.5) is 0 Å². The van der Waals surface area contributed by atoms with Gasteiger partial charge in [0, 0.05) is 39.3 Å². The number of benzene rings is 1. The number of esters is 3. The number of hydrogen-bond donors (Lipinski definition) is 0. The van der Waals surface area contributed by atoms with Crippen molar-refractivity contribution in [3.8, 4) is 0 Å². The fourth-order valence-corrected chi connectivity index (χ4v) is 7.39. The van der Waals surface area contributed by atoms with Gasteiger partial charge >= 0.3 is 17.9 Å². The van der Waals surface area contributed by atoms with Gasteiger partial charge in [-0.3, -0.25) is 33.6 Å². The lowest BCUT2D eigenvalue weighted by Gasteiger charge is -2.32. The normalized spacial score (nSPS) is 13.6. The van der Waals surface area contributed by atoms with Crippen molar-refractivity contribution >= 4 is 47.1 Å². The van der Waals surface area contributed by atoms with Crippen LogP contribution in [-0.2, 0) is 59.0 Å². The van der Waals surface area contributed by atoms with Crippen molar-refractivity contribution in [2.45, 2.75) is 235 Å². The Kier molecular flexibility index (Phi) is 49.1. The van der Waals surface area contributed by atoms with Gasteiger partial charge in [0.05, 0.1) is 17.9 Å². The molecule has 0 fully saturated rings. The summed E-state index contributed by atoms with van der Waals surface area (Å²) in [6.07, 6.45) is 4.21. The maximum Gasteiger partial charge on any atom is 0.329 e. The molecule has 0 N–H and O–H groups in total. The standard InChI is InChI=1S/C51H78N2O10.C5H10O.4C2H6/c1-16-18-22-39(17-2)29-45(47(56)52(14)42(37(12)54)27-34(7)8)63-50(59)41(26-33(5)6)31-44(55)38(13)61-51(60)43(28-35(9)10)53(15)48(57)46(30-40-23-20-19-21-24-40)62-49(58)36(11)25-32(3)4;1-4(2)5(3)6;4*1-2/h16-24,32-36,38,41-43,45-46H,1,25-31H2,2-15H3;4H,1-3H3;4*1-2H3/b22-18-,39-17+;;;;;/t36-,38+,41+,42-,43-,45+,46+;;;;;/m0...../s1. The molecular formula is C64H112N2O11. The van der Waals surface area contributed by atoms with Crippen LogP contribution in [0.25, 0.3) is 0 Å². The third kappa shape index (κ3) is 35.8. The van der Waals surface area contributed by atoms with Crippen molar-refractivity contribution < 1.29 is 52.6 Å². The van der Waals surface area contributed by atoms with Gasteiger partial charge in [-0.2, -0.15) is 0 Å². The lowest BCUT2D eigenvalue weighted by Crippen LogP contribution is -2.50. The van der Waals surface area contributed by atoms with Gasteiger partial charge in [-0.15, -0.1) is 0 Å². The summed E-state index contributed by atoms with van der Waals surface area (Å²) in [5.74, 6) is -4.71. The van der Waals surface area contributed by atoms with Crippen LogP contribution in [0.2, 0.25) is 0 Å². The third-order valence-corrected chi connectivity index (χ3v) is 11.7. The Morgan fingerprint density at radius 3 is 1.39 bits per heavy atom. The Labute approximate surface area is 470 Å². The molecule has 7 atom stereocenters. The number of carbonyl (C=O) groups is 8. The molecule has 13 nitrogen and oxygen atoms in total. The maximum atomic E-state index is 14.2. The lowest BCUT2D eigenvalue weighted by atomic mass is 9.91. The van der Waals surface area contributed by atoms with Crippen molar-refractivity contribution in [1.29, 1.82) is 0 Å². The summed E-state index contributed by atoms with van der Waals surface area (Å²) < 4.78 is 17.6. The highest BCUT2D eigenvalue weighted by Gasteiger charge is 2.39. The molecule has 0 aliphatic carbocycles. The zero-order valence-corrected chi connectivity index (χ0v) is 53.2. The van der Waals surface area contributed by atoms with Crippen LogP contribution in [-0.4, -0.2) is 101 Å². The molecule has 0 spiro atoms. The van der Waals surface area contributed by atoms with E-state index in [1.165, 1.54) is 37.7 Å². The van der Waals surface area contributed by atoms with Crippen LogP contribution < -0.4 is 0 Å². The monoisotopic (exact) mass is 1080 g/mol. The Bertz CT molecular complexity index is 1880. The van der Waals surface area contributed by atoms with E-state index in [4.69, 9.17) is 14.2 Å². The molecule has 13 heteroatoms. The highest BCUT2D eigenvalue weighted by Crippen LogP contribution is 2.25. The molecule has 444 valence electrons. The Morgan fingerprint density at radius 1 is 0.545 bits per heavy atom. The first-order valence-electron chi connectivity index (χ1n) is 28.7. The molecule has 0 aliphatic rings. The summed E-state index contributed by atoms with van der Waals surface area (Å²) in [5, 5.41) is 0. The summed E-state index contributed by atoms with van der Waals surface area (Å²) in [6.45, 7) is 47.0. The zero-order valence-electron chi connectivity index (χ0n) is 53.2. The minimum absolute atomic E-state index is 0.0181. The lowest BCUT2D eigenvalue weighted by molar-refractivity contribution is -0.169. The Hall–Kier alpha value is -5.20.